The van der Waals surface area contributed by atoms with E-state index in [1.807, 2.05) is 6.92 Å². The average molecular weight is 270 g/mol. The van der Waals surface area contributed by atoms with Gasteiger partial charge in [0.05, 0.1) is 12.3 Å². The highest BCUT2D eigenvalue weighted by Gasteiger charge is 2.19. The zero-order valence-electron chi connectivity index (χ0n) is 10.3. The Morgan fingerprint density at radius 3 is 2.63 bits per heavy atom. The number of halogens is 3. The molecule has 0 aliphatic rings. The van der Waals surface area contributed by atoms with Crippen molar-refractivity contribution in [2.24, 2.45) is 0 Å². The first-order chi connectivity index (χ1) is 9.02. The quantitative estimate of drug-likeness (QED) is 0.867. The standard InChI is InChI=1S/C13H13F3N2O/c1-2-18-7-8(6-17-18)5-11(19)9-3-4-10(14)13(16)12(9)15/h3-4,6-7,11,19H,2,5H2,1H3. The Kier molecular flexibility index (Phi) is 3.90. The Morgan fingerprint density at radius 2 is 2.00 bits per heavy atom. The van der Waals surface area contributed by atoms with E-state index in [1.54, 1.807) is 17.1 Å². The number of rotatable bonds is 4. The number of aromatic nitrogens is 2. The maximum atomic E-state index is 13.5. The molecule has 1 atom stereocenters. The summed E-state index contributed by atoms with van der Waals surface area (Å²) >= 11 is 0. The topological polar surface area (TPSA) is 38.0 Å². The highest BCUT2D eigenvalue weighted by molar-refractivity contribution is 5.24. The highest BCUT2D eigenvalue weighted by Crippen LogP contribution is 2.24. The van der Waals surface area contributed by atoms with Crippen LogP contribution in [0, 0.1) is 17.5 Å². The van der Waals surface area contributed by atoms with Gasteiger partial charge in [0.25, 0.3) is 0 Å². The minimum absolute atomic E-state index is 0.0853. The van der Waals surface area contributed by atoms with Gasteiger partial charge in [-0.25, -0.2) is 13.2 Å². The first kappa shape index (κ1) is 13.6. The minimum Gasteiger partial charge on any atom is -0.388 e. The summed E-state index contributed by atoms with van der Waals surface area (Å²) < 4.78 is 41.0. The fourth-order valence-electron chi connectivity index (χ4n) is 1.82. The largest absolute Gasteiger partial charge is 0.388 e. The van der Waals surface area contributed by atoms with Crippen molar-refractivity contribution in [3.8, 4) is 0 Å². The molecule has 1 unspecified atom stereocenters. The van der Waals surface area contributed by atoms with Gasteiger partial charge in [-0.15, -0.1) is 0 Å². The fraction of sp³-hybridized carbons (Fsp3) is 0.308. The monoisotopic (exact) mass is 270 g/mol. The molecule has 19 heavy (non-hydrogen) atoms. The van der Waals surface area contributed by atoms with Gasteiger partial charge in [0.2, 0.25) is 0 Å². The van der Waals surface area contributed by atoms with Crippen molar-refractivity contribution >= 4 is 0 Å². The maximum absolute atomic E-state index is 13.5. The van der Waals surface area contributed by atoms with Gasteiger partial charge in [-0.3, -0.25) is 4.68 Å². The molecule has 0 radical (unpaired) electrons. The Balaban J connectivity index is 2.20. The summed E-state index contributed by atoms with van der Waals surface area (Å²) in [6.45, 7) is 2.58. The molecule has 0 spiro atoms. The number of hydrogen-bond donors (Lipinski definition) is 1. The van der Waals surface area contributed by atoms with E-state index in [2.05, 4.69) is 5.10 Å². The minimum atomic E-state index is -1.57. The predicted molar refractivity (Wildman–Crippen MR) is 62.9 cm³/mol. The third kappa shape index (κ3) is 2.78. The van der Waals surface area contributed by atoms with Crippen molar-refractivity contribution in [1.82, 2.24) is 9.78 Å². The Hall–Kier alpha value is -1.82. The van der Waals surface area contributed by atoms with Crippen LogP contribution in [0.15, 0.2) is 24.5 Å². The fourth-order valence-corrected chi connectivity index (χ4v) is 1.82. The van der Waals surface area contributed by atoms with Crippen LogP contribution >= 0.6 is 0 Å². The number of hydrogen-bond acceptors (Lipinski definition) is 2. The molecule has 2 aromatic rings. The molecule has 102 valence electrons. The molecular weight excluding hydrogens is 257 g/mol. The number of nitrogens with zero attached hydrogens (tertiary/aromatic N) is 2. The van der Waals surface area contributed by atoms with Gasteiger partial charge in [-0.05, 0) is 18.6 Å². The summed E-state index contributed by atoms with van der Waals surface area (Å²) in [7, 11) is 0. The molecule has 1 aromatic carbocycles. The highest BCUT2D eigenvalue weighted by atomic mass is 19.2. The van der Waals surface area contributed by atoms with Gasteiger partial charge >= 0.3 is 0 Å². The molecule has 0 bridgehead atoms. The summed E-state index contributed by atoms with van der Waals surface area (Å²) in [6.07, 6.45) is 2.10. The molecule has 1 heterocycles. The van der Waals surface area contributed by atoms with Crippen molar-refractivity contribution in [2.75, 3.05) is 0 Å². The normalized spacial score (nSPS) is 12.7. The van der Waals surface area contributed by atoms with Gasteiger partial charge in [0.1, 0.15) is 0 Å². The van der Waals surface area contributed by atoms with E-state index in [0.29, 0.717) is 12.1 Å². The van der Waals surface area contributed by atoms with E-state index in [9.17, 15) is 18.3 Å². The van der Waals surface area contributed by atoms with Crippen LogP contribution in [0.25, 0.3) is 0 Å². The van der Waals surface area contributed by atoms with Crippen LogP contribution < -0.4 is 0 Å². The van der Waals surface area contributed by atoms with Crippen LogP contribution in [0.5, 0.6) is 0 Å². The lowest BCUT2D eigenvalue weighted by Gasteiger charge is -2.11. The maximum Gasteiger partial charge on any atom is 0.194 e. The SMILES string of the molecule is CCn1cc(CC(O)c2ccc(F)c(F)c2F)cn1. The third-order valence-corrected chi connectivity index (χ3v) is 2.86. The summed E-state index contributed by atoms with van der Waals surface area (Å²) in [4.78, 5) is 0. The number of aryl methyl sites for hydroxylation is 1. The molecule has 2 rings (SSSR count). The van der Waals surface area contributed by atoms with E-state index >= 15 is 0 Å². The van der Waals surface area contributed by atoms with Crippen LogP contribution in [-0.2, 0) is 13.0 Å². The number of benzene rings is 1. The van der Waals surface area contributed by atoms with Gasteiger partial charge in [-0.2, -0.15) is 5.10 Å². The second kappa shape index (κ2) is 5.44. The van der Waals surface area contributed by atoms with E-state index < -0.39 is 23.6 Å². The van der Waals surface area contributed by atoms with Crippen LogP contribution in [0.4, 0.5) is 13.2 Å². The summed E-state index contributed by atoms with van der Waals surface area (Å²) in [5.74, 6) is -4.19. The van der Waals surface area contributed by atoms with Gasteiger partial charge in [-0.1, -0.05) is 6.07 Å². The second-order valence-electron chi connectivity index (χ2n) is 4.19. The molecule has 1 N–H and O–H groups in total. The molecular formula is C13H13F3N2O. The lowest BCUT2D eigenvalue weighted by Crippen LogP contribution is -2.06. The Bertz CT molecular complexity index is 583. The van der Waals surface area contributed by atoms with Crippen molar-refractivity contribution in [3.63, 3.8) is 0 Å². The molecule has 1 aromatic heterocycles. The third-order valence-electron chi connectivity index (χ3n) is 2.86. The molecule has 3 nitrogen and oxygen atoms in total. The van der Waals surface area contributed by atoms with E-state index in [0.717, 1.165) is 12.1 Å². The number of aliphatic hydroxyl groups is 1. The van der Waals surface area contributed by atoms with Crippen molar-refractivity contribution in [1.29, 1.82) is 0 Å². The molecule has 0 aliphatic carbocycles. The number of aliphatic hydroxyl groups excluding tert-OH is 1. The summed E-state index contributed by atoms with van der Waals surface area (Å²) in [5, 5.41) is 13.9. The van der Waals surface area contributed by atoms with Crippen LogP contribution in [0.3, 0.4) is 0 Å². The van der Waals surface area contributed by atoms with Gasteiger partial charge < -0.3 is 5.11 Å². The van der Waals surface area contributed by atoms with Crippen LogP contribution in [0.1, 0.15) is 24.2 Å². The molecule has 0 saturated heterocycles. The summed E-state index contributed by atoms with van der Waals surface area (Å²) in [6, 6.07) is 1.84. The van der Waals surface area contributed by atoms with Crippen molar-refractivity contribution in [2.45, 2.75) is 26.0 Å². The van der Waals surface area contributed by atoms with Gasteiger partial charge in [0, 0.05) is 24.7 Å². The zero-order chi connectivity index (χ0) is 14.0. The molecule has 0 saturated carbocycles. The smallest absolute Gasteiger partial charge is 0.194 e. The molecule has 6 heteroatoms. The van der Waals surface area contributed by atoms with Crippen molar-refractivity contribution in [3.05, 3.63) is 53.1 Å². The van der Waals surface area contributed by atoms with Gasteiger partial charge in [0.15, 0.2) is 17.5 Å². The van der Waals surface area contributed by atoms with Crippen molar-refractivity contribution < 1.29 is 18.3 Å². The van der Waals surface area contributed by atoms with E-state index in [1.165, 1.54) is 0 Å². The lowest BCUT2D eigenvalue weighted by atomic mass is 10.0. The zero-order valence-corrected chi connectivity index (χ0v) is 10.3. The molecule has 0 amide bonds. The first-order valence-corrected chi connectivity index (χ1v) is 5.85. The molecule has 0 aliphatic heterocycles. The first-order valence-electron chi connectivity index (χ1n) is 5.85. The Labute approximate surface area is 108 Å². The average Bonchev–Trinajstić information content (AvgIpc) is 2.83. The predicted octanol–water partition coefficient (Wildman–Crippen LogP) is 2.60. The second-order valence-corrected chi connectivity index (χ2v) is 4.19. The lowest BCUT2D eigenvalue weighted by molar-refractivity contribution is 0.172. The van der Waals surface area contributed by atoms with E-state index in [-0.39, 0.29) is 12.0 Å². The Morgan fingerprint density at radius 1 is 1.26 bits per heavy atom. The van der Waals surface area contributed by atoms with E-state index in [4.69, 9.17) is 0 Å². The van der Waals surface area contributed by atoms with Crippen LogP contribution in [-0.4, -0.2) is 14.9 Å². The summed E-state index contributed by atoms with van der Waals surface area (Å²) in [5.41, 5.74) is 0.432. The molecule has 0 fully saturated rings. The van der Waals surface area contributed by atoms with Crippen LogP contribution in [0.2, 0.25) is 0 Å².